The highest BCUT2D eigenvalue weighted by atomic mass is 16.5. The number of carbonyl (C=O) groups excluding carboxylic acids is 2. The third-order valence-corrected chi connectivity index (χ3v) is 4.97. The van der Waals surface area contributed by atoms with E-state index in [9.17, 15) is 14.4 Å². The van der Waals surface area contributed by atoms with Crippen molar-refractivity contribution >= 4 is 29.5 Å². The van der Waals surface area contributed by atoms with Gasteiger partial charge in [0.15, 0.2) is 11.5 Å². The molecule has 4 rings (SSSR count). The highest BCUT2D eigenvalue weighted by molar-refractivity contribution is 6.31. The van der Waals surface area contributed by atoms with Crippen LogP contribution in [0.15, 0.2) is 78.4 Å². The predicted octanol–water partition coefficient (Wildman–Crippen LogP) is 3.43. The number of carbonyl (C=O) groups is 3. The van der Waals surface area contributed by atoms with Gasteiger partial charge in [0, 0.05) is 0 Å². The van der Waals surface area contributed by atoms with Crippen LogP contribution in [0.3, 0.4) is 0 Å². The van der Waals surface area contributed by atoms with Gasteiger partial charge in [0.25, 0.3) is 11.8 Å². The van der Waals surface area contributed by atoms with Crippen molar-refractivity contribution in [3.8, 4) is 11.5 Å². The molecule has 0 atom stereocenters. The molecule has 3 aromatic carbocycles. The maximum atomic E-state index is 12.8. The number of rotatable bonds is 7. The number of ether oxygens (including phenoxy) is 2. The van der Waals surface area contributed by atoms with Crippen LogP contribution >= 0.6 is 0 Å². The van der Waals surface area contributed by atoms with E-state index in [4.69, 9.17) is 14.6 Å². The maximum Gasteiger partial charge on any atom is 0.335 e. The Bertz CT molecular complexity index is 1250. The van der Waals surface area contributed by atoms with E-state index in [1.54, 1.807) is 54.6 Å². The van der Waals surface area contributed by atoms with Crippen molar-refractivity contribution in [2.75, 3.05) is 12.1 Å². The van der Waals surface area contributed by atoms with Crippen molar-refractivity contribution in [1.82, 2.24) is 5.43 Å². The molecule has 0 bridgehead atoms. The SMILES string of the molecule is COc1cc(/C=C2\C(=O)NN(c3ccccc3)C2=O)ccc1OCc1cccc(C(=O)O)c1. The number of hydrogen-bond acceptors (Lipinski definition) is 5. The van der Waals surface area contributed by atoms with E-state index in [-0.39, 0.29) is 17.7 Å². The Kier molecular flexibility index (Phi) is 6.08. The van der Waals surface area contributed by atoms with Crippen molar-refractivity contribution in [2.24, 2.45) is 0 Å². The molecule has 8 nitrogen and oxygen atoms in total. The molecule has 0 spiro atoms. The van der Waals surface area contributed by atoms with Gasteiger partial charge in [-0.15, -0.1) is 0 Å². The lowest BCUT2D eigenvalue weighted by Crippen LogP contribution is -2.35. The van der Waals surface area contributed by atoms with Gasteiger partial charge in [0.05, 0.1) is 18.4 Å². The first-order chi connectivity index (χ1) is 16.0. The standard InChI is InChI=1S/C25H20N2O6/c1-32-22-14-16(10-11-21(22)33-15-17-6-5-7-18(12-17)25(30)31)13-20-23(28)26-27(24(20)29)19-8-3-2-4-9-19/h2-14H,15H2,1H3,(H,26,28)(H,30,31)/b20-13+. The minimum atomic E-state index is -1.01. The summed E-state index contributed by atoms with van der Waals surface area (Å²) >= 11 is 0. The van der Waals surface area contributed by atoms with Crippen LogP contribution in [-0.4, -0.2) is 30.0 Å². The molecule has 1 heterocycles. The first-order valence-corrected chi connectivity index (χ1v) is 10.0. The number of nitrogens with zero attached hydrogens (tertiary/aromatic N) is 1. The summed E-state index contributed by atoms with van der Waals surface area (Å²) in [6.07, 6.45) is 1.49. The van der Waals surface area contributed by atoms with E-state index in [1.807, 2.05) is 6.07 Å². The molecule has 0 saturated carbocycles. The summed E-state index contributed by atoms with van der Waals surface area (Å²) in [6.45, 7) is 0.144. The van der Waals surface area contributed by atoms with Crippen LogP contribution < -0.4 is 19.9 Å². The lowest BCUT2D eigenvalue weighted by Gasteiger charge is -2.14. The molecule has 3 aromatic rings. The molecule has 1 aliphatic rings. The average Bonchev–Trinajstić information content (AvgIpc) is 3.12. The Morgan fingerprint density at radius 3 is 2.52 bits per heavy atom. The van der Waals surface area contributed by atoms with Crippen LogP contribution in [-0.2, 0) is 16.2 Å². The Labute approximate surface area is 189 Å². The number of hydrogen-bond donors (Lipinski definition) is 2. The van der Waals surface area contributed by atoms with Gasteiger partial charge in [-0.2, -0.15) is 0 Å². The number of benzene rings is 3. The molecule has 1 saturated heterocycles. The minimum absolute atomic E-state index is 0.0000557. The summed E-state index contributed by atoms with van der Waals surface area (Å²) in [7, 11) is 1.48. The Hall–Kier alpha value is -4.59. The molecule has 8 heteroatoms. The molecule has 33 heavy (non-hydrogen) atoms. The van der Waals surface area contributed by atoms with Crippen LogP contribution in [0.25, 0.3) is 6.08 Å². The quantitative estimate of drug-likeness (QED) is 0.427. The second-order valence-corrected chi connectivity index (χ2v) is 7.18. The zero-order chi connectivity index (χ0) is 23.4. The fourth-order valence-corrected chi connectivity index (χ4v) is 3.33. The molecule has 2 N–H and O–H groups in total. The zero-order valence-electron chi connectivity index (χ0n) is 17.6. The number of carboxylic acids is 1. The summed E-state index contributed by atoms with van der Waals surface area (Å²) in [4.78, 5) is 36.3. The monoisotopic (exact) mass is 444 g/mol. The van der Waals surface area contributed by atoms with Crippen LogP contribution in [0, 0.1) is 0 Å². The number of amides is 2. The largest absolute Gasteiger partial charge is 0.493 e. The van der Waals surface area contributed by atoms with Gasteiger partial charge < -0.3 is 14.6 Å². The number of carboxylic acid groups (broad SMARTS) is 1. The van der Waals surface area contributed by atoms with Gasteiger partial charge in [-0.3, -0.25) is 15.0 Å². The lowest BCUT2D eigenvalue weighted by molar-refractivity contribution is -0.117. The molecule has 2 amide bonds. The predicted molar refractivity (Wildman–Crippen MR) is 121 cm³/mol. The number of hydrazine groups is 1. The first-order valence-electron chi connectivity index (χ1n) is 10.0. The van der Waals surface area contributed by atoms with Crippen LogP contribution in [0.2, 0.25) is 0 Å². The Morgan fingerprint density at radius 1 is 1.00 bits per heavy atom. The molecule has 0 unspecified atom stereocenters. The summed E-state index contributed by atoms with van der Waals surface area (Å²) in [5, 5.41) is 10.3. The van der Waals surface area contributed by atoms with Crippen molar-refractivity contribution in [3.05, 3.63) is 95.1 Å². The highest BCUT2D eigenvalue weighted by Gasteiger charge is 2.34. The average molecular weight is 444 g/mol. The van der Waals surface area contributed by atoms with Gasteiger partial charge in [0.2, 0.25) is 0 Å². The molecular weight excluding hydrogens is 424 g/mol. The van der Waals surface area contributed by atoms with Gasteiger partial charge in [-0.25, -0.2) is 9.80 Å². The van der Waals surface area contributed by atoms with Gasteiger partial charge in [-0.05, 0) is 53.6 Å². The molecule has 0 aromatic heterocycles. The van der Waals surface area contributed by atoms with E-state index in [2.05, 4.69) is 5.43 Å². The van der Waals surface area contributed by atoms with Crippen LogP contribution in [0.5, 0.6) is 11.5 Å². The summed E-state index contributed by atoms with van der Waals surface area (Å²) < 4.78 is 11.2. The molecule has 166 valence electrons. The second-order valence-electron chi connectivity index (χ2n) is 7.18. The van der Waals surface area contributed by atoms with Gasteiger partial charge in [-0.1, -0.05) is 36.4 Å². The van der Waals surface area contributed by atoms with Crippen LogP contribution in [0.4, 0.5) is 5.69 Å². The van der Waals surface area contributed by atoms with Crippen molar-refractivity contribution < 1.29 is 29.0 Å². The lowest BCUT2D eigenvalue weighted by atomic mass is 10.1. The first kappa shape index (κ1) is 21.6. The summed E-state index contributed by atoms with van der Waals surface area (Å²) in [6, 6.07) is 20.3. The van der Waals surface area contributed by atoms with Crippen molar-refractivity contribution in [1.29, 1.82) is 0 Å². The van der Waals surface area contributed by atoms with E-state index in [0.29, 0.717) is 28.3 Å². The van der Waals surface area contributed by atoms with Crippen molar-refractivity contribution in [3.63, 3.8) is 0 Å². The number of nitrogens with one attached hydrogen (secondary N) is 1. The molecule has 1 fully saturated rings. The third kappa shape index (κ3) is 4.69. The normalized spacial score (nSPS) is 14.3. The number of methoxy groups -OCH3 is 1. The zero-order valence-corrected chi connectivity index (χ0v) is 17.6. The fourth-order valence-electron chi connectivity index (χ4n) is 3.33. The second kappa shape index (κ2) is 9.27. The minimum Gasteiger partial charge on any atom is -0.493 e. The Morgan fingerprint density at radius 2 is 1.79 bits per heavy atom. The van der Waals surface area contributed by atoms with Crippen molar-refractivity contribution in [2.45, 2.75) is 6.61 Å². The molecular formula is C25H20N2O6. The molecule has 1 aliphatic heterocycles. The van der Waals surface area contributed by atoms with E-state index in [1.165, 1.54) is 30.3 Å². The number of para-hydroxylation sites is 1. The van der Waals surface area contributed by atoms with Gasteiger partial charge in [0.1, 0.15) is 12.2 Å². The Balaban J connectivity index is 1.52. The van der Waals surface area contributed by atoms with E-state index >= 15 is 0 Å². The smallest absolute Gasteiger partial charge is 0.335 e. The summed E-state index contributed by atoms with van der Waals surface area (Å²) in [5.74, 6) is -1.12. The van der Waals surface area contributed by atoms with E-state index < -0.39 is 17.8 Å². The highest BCUT2D eigenvalue weighted by Crippen LogP contribution is 2.30. The fraction of sp³-hybridized carbons (Fsp3) is 0.0800. The summed E-state index contributed by atoms with van der Waals surface area (Å²) in [5.41, 5.74) is 4.57. The molecule has 0 radical (unpaired) electrons. The maximum absolute atomic E-state index is 12.8. The van der Waals surface area contributed by atoms with Crippen LogP contribution in [0.1, 0.15) is 21.5 Å². The third-order valence-electron chi connectivity index (χ3n) is 4.97. The topological polar surface area (TPSA) is 105 Å². The molecule has 0 aliphatic carbocycles. The number of aromatic carboxylic acids is 1. The van der Waals surface area contributed by atoms with E-state index in [0.717, 1.165) is 0 Å². The number of anilines is 1. The van der Waals surface area contributed by atoms with Gasteiger partial charge >= 0.3 is 5.97 Å².